The molecule has 0 aliphatic heterocycles. The third-order valence-electron chi connectivity index (χ3n) is 3.62. The zero-order valence-electron chi connectivity index (χ0n) is 10.1. The Morgan fingerprint density at radius 1 is 1.25 bits per heavy atom. The van der Waals surface area contributed by atoms with Crippen LogP contribution < -0.4 is 0 Å². The Bertz CT molecular complexity index is 314. The minimum absolute atomic E-state index is 0.0840. The normalized spacial score (nSPS) is 44.0. The first-order chi connectivity index (χ1) is 7.19. The van der Waals surface area contributed by atoms with E-state index in [0.29, 0.717) is 19.3 Å². The lowest BCUT2D eigenvalue weighted by atomic mass is 9.55. The van der Waals surface area contributed by atoms with Crippen molar-refractivity contribution in [1.29, 1.82) is 0 Å². The molecule has 0 bridgehead atoms. The SMILES string of the molecule is C[C@@]1(C=O)C[C@](C)(CO)C[C@](C)(C(=O)O)C1. The van der Waals surface area contributed by atoms with Gasteiger partial charge in [-0.25, -0.2) is 0 Å². The van der Waals surface area contributed by atoms with Gasteiger partial charge in [0.2, 0.25) is 0 Å². The molecule has 1 aliphatic carbocycles. The van der Waals surface area contributed by atoms with Crippen molar-refractivity contribution in [2.24, 2.45) is 16.2 Å². The second kappa shape index (κ2) is 3.84. The van der Waals surface area contributed by atoms with Crippen LogP contribution in [0.2, 0.25) is 0 Å². The highest BCUT2D eigenvalue weighted by atomic mass is 16.4. The molecule has 16 heavy (non-hydrogen) atoms. The number of carboxylic acids is 1. The molecule has 0 aromatic heterocycles. The quantitative estimate of drug-likeness (QED) is 0.717. The maximum absolute atomic E-state index is 11.3. The molecular formula is C12H20O4. The fourth-order valence-electron chi connectivity index (χ4n) is 3.34. The van der Waals surface area contributed by atoms with E-state index < -0.39 is 22.2 Å². The van der Waals surface area contributed by atoms with Crippen molar-refractivity contribution < 1.29 is 19.8 Å². The van der Waals surface area contributed by atoms with E-state index in [1.54, 1.807) is 13.8 Å². The number of carbonyl (C=O) groups is 2. The van der Waals surface area contributed by atoms with Gasteiger partial charge in [0.25, 0.3) is 0 Å². The van der Waals surface area contributed by atoms with Crippen LogP contribution in [0.5, 0.6) is 0 Å². The number of aliphatic hydroxyl groups excluding tert-OH is 1. The van der Waals surface area contributed by atoms with Gasteiger partial charge in [0.15, 0.2) is 0 Å². The maximum atomic E-state index is 11.3. The molecule has 0 amide bonds. The van der Waals surface area contributed by atoms with Gasteiger partial charge in [0.1, 0.15) is 6.29 Å². The van der Waals surface area contributed by atoms with Crippen LogP contribution in [-0.2, 0) is 9.59 Å². The molecule has 0 aromatic carbocycles. The van der Waals surface area contributed by atoms with E-state index in [1.807, 2.05) is 6.92 Å². The van der Waals surface area contributed by atoms with Crippen molar-refractivity contribution in [1.82, 2.24) is 0 Å². The molecule has 0 heterocycles. The van der Waals surface area contributed by atoms with E-state index in [1.165, 1.54) is 0 Å². The maximum Gasteiger partial charge on any atom is 0.309 e. The average Bonchev–Trinajstić information content (AvgIpc) is 2.16. The van der Waals surface area contributed by atoms with Crippen LogP contribution in [0.15, 0.2) is 0 Å². The minimum Gasteiger partial charge on any atom is -0.481 e. The smallest absolute Gasteiger partial charge is 0.309 e. The number of hydrogen-bond donors (Lipinski definition) is 2. The second-order valence-electron chi connectivity index (χ2n) is 6.14. The van der Waals surface area contributed by atoms with Gasteiger partial charge in [0, 0.05) is 12.0 Å². The summed E-state index contributed by atoms with van der Waals surface area (Å²) in [6.07, 6.45) is 2.13. The summed E-state index contributed by atoms with van der Waals surface area (Å²) in [5.41, 5.74) is -2.06. The van der Waals surface area contributed by atoms with Crippen LogP contribution in [0.1, 0.15) is 40.0 Å². The van der Waals surface area contributed by atoms with Gasteiger partial charge in [-0.3, -0.25) is 4.79 Å². The Kier molecular flexibility index (Phi) is 3.16. The minimum atomic E-state index is -0.925. The third kappa shape index (κ3) is 2.26. The average molecular weight is 228 g/mol. The molecule has 4 nitrogen and oxygen atoms in total. The number of aldehydes is 1. The standard InChI is InChI=1S/C12H20O4/c1-10(7-13)4-11(2,8-14)6-12(3,5-10)9(15)16/h7,14H,4-6,8H2,1-3H3,(H,15,16)/t10-,11+,12-/m1/s1. The molecular weight excluding hydrogens is 208 g/mol. The summed E-state index contributed by atoms with van der Waals surface area (Å²) < 4.78 is 0. The lowest BCUT2D eigenvalue weighted by molar-refractivity contribution is -0.159. The van der Waals surface area contributed by atoms with Gasteiger partial charge >= 0.3 is 5.97 Å². The summed E-state index contributed by atoms with van der Waals surface area (Å²) in [5, 5.41) is 18.6. The topological polar surface area (TPSA) is 74.6 Å². The van der Waals surface area contributed by atoms with E-state index in [9.17, 15) is 19.8 Å². The molecule has 0 radical (unpaired) electrons. The Labute approximate surface area is 95.7 Å². The lowest BCUT2D eigenvalue weighted by Crippen LogP contribution is -2.48. The Balaban J connectivity index is 3.10. The second-order valence-corrected chi connectivity index (χ2v) is 6.14. The van der Waals surface area contributed by atoms with Crippen molar-refractivity contribution in [3.63, 3.8) is 0 Å². The van der Waals surface area contributed by atoms with E-state index >= 15 is 0 Å². The predicted molar refractivity (Wildman–Crippen MR) is 59.0 cm³/mol. The van der Waals surface area contributed by atoms with Gasteiger partial charge in [0.05, 0.1) is 5.41 Å². The van der Waals surface area contributed by atoms with Crippen molar-refractivity contribution >= 4 is 12.3 Å². The van der Waals surface area contributed by atoms with Gasteiger partial charge in [-0.1, -0.05) is 13.8 Å². The summed E-state index contributed by atoms with van der Waals surface area (Å²) in [5.74, 6) is -0.889. The summed E-state index contributed by atoms with van der Waals surface area (Å²) in [7, 11) is 0. The number of rotatable bonds is 3. The van der Waals surface area contributed by atoms with Gasteiger partial charge in [-0.15, -0.1) is 0 Å². The van der Waals surface area contributed by atoms with Crippen molar-refractivity contribution in [3.8, 4) is 0 Å². The van der Waals surface area contributed by atoms with Gasteiger partial charge < -0.3 is 15.0 Å². The summed E-state index contributed by atoms with van der Waals surface area (Å²) in [6, 6.07) is 0. The summed E-state index contributed by atoms with van der Waals surface area (Å²) in [6.45, 7) is 5.19. The van der Waals surface area contributed by atoms with E-state index in [2.05, 4.69) is 0 Å². The molecule has 1 saturated carbocycles. The number of aliphatic carboxylic acids is 1. The number of aliphatic hydroxyl groups is 1. The van der Waals surface area contributed by atoms with E-state index in [0.717, 1.165) is 6.29 Å². The van der Waals surface area contributed by atoms with E-state index in [-0.39, 0.29) is 6.61 Å². The molecule has 0 aromatic rings. The highest BCUT2D eigenvalue weighted by Gasteiger charge is 2.52. The zero-order valence-corrected chi connectivity index (χ0v) is 10.1. The first-order valence-corrected chi connectivity index (χ1v) is 5.49. The van der Waals surface area contributed by atoms with Crippen LogP contribution >= 0.6 is 0 Å². The van der Waals surface area contributed by atoms with Gasteiger partial charge in [-0.05, 0) is 31.6 Å². The monoisotopic (exact) mass is 228 g/mol. The molecule has 2 N–H and O–H groups in total. The van der Waals surface area contributed by atoms with Crippen LogP contribution in [0, 0.1) is 16.2 Å². The Morgan fingerprint density at radius 2 is 1.81 bits per heavy atom. The highest BCUT2D eigenvalue weighted by molar-refractivity contribution is 5.76. The van der Waals surface area contributed by atoms with Crippen LogP contribution in [0.3, 0.4) is 0 Å². The van der Waals surface area contributed by atoms with Gasteiger partial charge in [-0.2, -0.15) is 0 Å². The van der Waals surface area contributed by atoms with E-state index in [4.69, 9.17) is 0 Å². The molecule has 4 heteroatoms. The third-order valence-corrected chi connectivity index (χ3v) is 3.62. The molecule has 92 valence electrons. The first kappa shape index (κ1) is 13.2. The molecule has 3 atom stereocenters. The predicted octanol–water partition coefficient (Wildman–Crippen LogP) is 1.47. The number of carbonyl (C=O) groups excluding carboxylic acids is 1. The molecule has 0 spiro atoms. The fourth-order valence-corrected chi connectivity index (χ4v) is 3.34. The van der Waals surface area contributed by atoms with Crippen molar-refractivity contribution in [2.75, 3.05) is 6.61 Å². The van der Waals surface area contributed by atoms with Crippen LogP contribution in [0.25, 0.3) is 0 Å². The molecule has 0 saturated heterocycles. The number of carboxylic acid groups (broad SMARTS) is 1. The Morgan fingerprint density at radius 3 is 2.19 bits per heavy atom. The summed E-state index contributed by atoms with van der Waals surface area (Å²) in [4.78, 5) is 22.4. The highest BCUT2D eigenvalue weighted by Crippen LogP contribution is 2.53. The van der Waals surface area contributed by atoms with Crippen LogP contribution in [0.4, 0.5) is 0 Å². The van der Waals surface area contributed by atoms with Crippen molar-refractivity contribution in [2.45, 2.75) is 40.0 Å². The molecule has 1 aliphatic rings. The molecule has 0 unspecified atom stereocenters. The fraction of sp³-hybridized carbons (Fsp3) is 0.833. The zero-order chi connectivity index (χ0) is 12.6. The Hall–Kier alpha value is -0.900. The summed E-state index contributed by atoms with van der Waals surface area (Å²) >= 11 is 0. The number of hydrogen-bond acceptors (Lipinski definition) is 3. The lowest BCUT2D eigenvalue weighted by Gasteiger charge is -2.48. The van der Waals surface area contributed by atoms with Crippen molar-refractivity contribution in [3.05, 3.63) is 0 Å². The molecule has 1 rings (SSSR count). The largest absolute Gasteiger partial charge is 0.481 e. The first-order valence-electron chi connectivity index (χ1n) is 5.49. The van der Waals surface area contributed by atoms with Crippen LogP contribution in [-0.4, -0.2) is 29.1 Å². The molecule has 1 fully saturated rings.